The highest BCUT2D eigenvalue weighted by atomic mass is 16.6. The molecule has 0 bridgehead atoms. The minimum atomic E-state index is -1.46. The van der Waals surface area contributed by atoms with Gasteiger partial charge in [-0.2, -0.15) is 0 Å². The first-order valence-electron chi connectivity index (χ1n) is 35.9. The number of ether oxygens (including phenoxy) is 3. The minimum absolute atomic E-state index is 0.0157. The third-order valence-electron chi connectivity index (χ3n) is 20.7. The van der Waals surface area contributed by atoms with Crippen LogP contribution >= 0.6 is 0 Å². The molecule has 5 aliphatic rings. The molecule has 14 rings (SSSR count). The quantitative estimate of drug-likeness (QED) is 0.0257. The van der Waals surface area contributed by atoms with E-state index in [0.717, 1.165) is 33.4 Å². The second-order valence-corrected chi connectivity index (χ2v) is 28.8. The summed E-state index contributed by atoms with van der Waals surface area (Å²) in [6.45, 7) is 6.58. The number of alkyl carbamates (subject to hydrolysis) is 2. The number of fused-ring (bicyclic) bond motifs is 7. The highest BCUT2D eigenvalue weighted by molar-refractivity contribution is 6.08. The van der Waals surface area contributed by atoms with Crippen LogP contribution in [-0.2, 0) is 85.6 Å². The van der Waals surface area contributed by atoms with Crippen molar-refractivity contribution in [2.45, 2.75) is 145 Å². The Bertz CT molecular complexity index is 4790. The lowest BCUT2D eigenvalue weighted by Crippen LogP contribution is -2.67. The van der Waals surface area contributed by atoms with Crippen molar-refractivity contribution in [1.82, 2.24) is 41.0 Å². The summed E-state index contributed by atoms with van der Waals surface area (Å²) < 4.78 is 19.6. The summed E-state index contributed by atoms with van der Waals surface area (Å²) in [5, 5.41) is 25.2. The van der Waals surface area contributed by atoms with Crippen molar-refractivity contribution in [3.8, 4) is 16.9 Å². The van der Waals surface area contributed by atoms with Gasteiger partial charge in [0.1, 0.15) is 78.6 Å². The van der Waals surface area contributed by atoms with Crippen molar-refractivity contribution < 1.29 is 62.5 Å². The normalized spacial score (nSPS) is 19.5. The number of phenols is 1. The number of rotatable bonds is 23. The largest absolute Gasteiger partial charge is 0.508 e. The fourth-order valence-electron chi connectivity index (χ4n) is 15.9. The van der Waals surface area contributed by atoms with Crippen LogP contribution in [-0.4, -0.2) is 140 Å². The Hall–Kier alpha value is -12.1. The first-order valence-corrected chi connectivity index (χ1v) is 35.9. The van der Waals surface area contributed by atoms with Gasteiger partial charge in [0.15, 0.2) is 0 Å². The van der Waals surface area contributed by atoms with Crippen LogP contribution in [0.4, 0.5) is 15.3 Å². The number of carbonyl (C=O) groups is 9. The molecular weight excluding hydrogens is 1340 g/mol. The molecule has 3 fully saturated rings. The number of aromatic hydroxyl groups is 1. The standard InChI is InChI=1S/C84H83N9O13/c1-51(79(101)104-49-55-27-12-7-13-28-55)85-73(95)65(43-54-38-40-57(94)41-39-54)86-75(97)71-37-22-42-90(71)76(98)67(44-52-23-8-5-9-24-52)87-74(96)66(88-82(103)106-83(2,3)4)46-56-48-91(69-35-20-18-29-58(56)69)84-47-68(89-81(102)105-50-63-61-32-16-14-30-59(61)60-31-15-17-33-62(60)63)77(99)93-72(45-53-25-10-6-11-26-53)78(100)92(80(84)93)70-36-21-19-34-64(70)84/h5-21,23-36,38-41,48,51,63,65-68,71-72,80,94H,22,37,42-47,49-50H2,1-4H3,(H,85,95)(H,86,97)(H,87,96)(H,88,103)(H,89,102)/t51-,65-,66-,67-,68-,71-,72-,80-,84+/m0/s1. The van der Waals surface area contributed by atoms with Crippen LogP contribution in [0.2, 0.25) is 0 Å². The lowest BCUT2D eigenvalue weighted by molar-refractivity contribution is -0.149. The summed E-state index contributed by atoms with van der Waals surface area (Å²) in [4.78, 5) is 139. The predicted molar refractivity (Wildman–Crippen MR) is 395 cm³/mol. The summed E-state index contributed by atoms with van der Waals surface area (Å²) >= 11 is 0. The maximum Gasteiger partial charge on any atom is 0.408 e. The van der Waals surface area contributed by atoms with Crippen LogP contribution < -0.4 is 31.5 Å². The van der Waals surface area contributed by atoms with Gasteiger partial charge in [0, 0.05) is 67.2 Å². The van der Waals surface area contributed by atoms with Crippen LogP contribution in [0.15, 0.2) is 219 Å². The number of hydrogen-bond donors (Lipinski definition) is 6. The number of para-hydroxylation sites is 2. The third kappa shape index (κ3) is 14.4. The Morgan fingerprint density at radius 2 is 1.18 bits per heavy atom. The number of benzene rings is 8. The molecule has 0 spiro atoms. The molecule has 0 unspecified atom stereocenters. The van der Waals surface area contributed by atoms with Crippen LogP contribution in [0, 0.1) is 0 Å². The van der Waals surface area contributed by atoms with Gasteiger partial charge in [0.05, 0.1) is 5.69 Å². The van der Waals surface area contributed by atoms with Gasteiger partial charge in [-0.05, 0) is 115 Å². The number of esters is 1. The number of phenolic OH excluding ortho intramolecular Hbond substituents is 1. The van der Waals surface area contributed by atoms with Crippen molar-refractivity contribution in [2.24, 2.45) is 0 Å². The summed E-state index contributed by atoms with van der Waals surface area (Å²) in [5.74, 6) is -4.55. The van der Waals surface area contributed by atoms with Crippen molar-refractivity contribution in [2.75, 3.05) is 18.1 Å². The summed E-state index contributed by atoms with van der Waals surface area (Å²) in [5.41, 5.74) is 6.97. The van der Waals surface area contributed by atoms with Gasteiger partial charge >= 0.3 is 18.2 Å². The topological polar surface area (TPSA) is 276 Å². The fraction of sp³-hybridized carbons (Fsp3) is 0.298. The Morgan fingerprint density at radius 3 is 1.87 bits per heavy atom. The summed E-state index contributed by atoms with van der Waals surface area (Å²) in [7, 11) is 0. The highest BCUT2D eigenvalue weighted by Crippen LogP contribution is 2.57. The summed E-state index contributed by atoms with van der Waals surface area (Å²) in [6, 6.07) is 56.0. The second kappa shape index (κ2) is 30.0. The van der Waals surface area contributed by atoms with Gasteiger partial charge in [0.25, 0.3) is 5.91 Å². The number of carbonyl (C=O) groups excluding carboxylic acids is 9. The van der Waals surface area contributed by atoms with E-state index in [-0.39, 0.29) is 75.9 Å². The molecule has 0 saturated carbocycles. The molecule has 1 aromatic heterocycles. The SMILES string of the molecule is C[C@H](NC(=O)[C@H](Cc1ccc(O)cc1)NC(=O)[C@@H]1CCCN1C(=O)[C@H](Cc1ccccc1)NC(=O)[C@H](Cc1cn([C@]23C[C@H](NC(=O)OCC4c5ccccc5-c5ccccc54)C(=O)N4[C@@H](Cc5ccccc5)C(=O)N(c5ccccc52)[C@@H]43)c2ccccc12)NC(=O)OC(C)(C)C)C(=O)OCc1ccccc1. The van der Waals surface area contributed by atoms with E-state index in [0.29, 0.717) is 45.3 Å². The van der Waals surface area contributed by atoms with Crippen LogP contribution in [0.3, 0.4) is 0 Å². The van der Waals surface area contributed by atoms with E-state index in [9.17, 15) is 29.1 Å². The number of piperidine rings is 1. The first-order chi connectivity index (χ1) is 51.2. The summed E-state index contributed by atoms with van der Waals surface area (Å²) in [6.07, 6.45) is -0.509. The molecule has 8 aromatic carbocycles. The molecule has 9 aromatic rings. The average Bonchev–Trinajstić information content (AvgIpc) is 1.50. The number of nitrogens with one attached hydrogen (secondary N) is 5. The lowest BCUT2D eigenvalue weighted by atomic mass is 9.78. The number of anilines is 1. The van der Waals surface area contributed by atoms with Gasteiger partial charge in [-0.1, -0.05) is 188 Å². The molecule has 542 valence electrons. The molecule has 1 aliphatic carbocycles. The number of amides is 8. The molecule has 6 N–H and O–H groups in total. The van der Waals surface area contributed by atoms with Gasteiger partial charge in [-0.3, -0.25) is 33.7 Å². The van der Waals surface area contributed by atoms with E-state index in [1.165, 1.54) is 24.0 Å². The van der Waals surface area contributed by atoms with Gasteiger partial charge in [-0.25, -0.2) is 14.4 Å². The molecular formula is C84H83N9O13. The Balaban J connectivity index is 0.778. The third-order valence-corrected chi connectivity index (χ3v) is 20.7. The molecule has 22 nitrogen and oxygen atoms in total. The molecule has 9 atom stereocenters. The average molecular weight is 1430 g/mol. The molecule has 4 aliphatic heterocycles. The van der Waals surface area contributed by atoms with E-state index in [2.05, 4.69) is 26.6 Å². The van der Waals surface area contributed by atoms with E-state index in [1.54, 1.807) is 79.1 Å². The van der Waals surface area contributed by atoms with Gasteiger partial charge in [-0.15, -0.1) is 0 Å². The lowest BCUT2D eigenvalue weighted by Gasteiger charge is -2.49. The molecule has 5 heterocycles. The van der Waals surface area contributed by atoms with Crippen molar-refractivity contribution in [3.63, 3.8) is 0 Å². The van der Waals surface area contributed by atoms with E-state index in [1.807, 2.05) is 162 Å². The molecule has 8 amide bonds. The monoisotopic (exact) mass is 1430 g/mol. The second-order valence-electron chi connectivity index (χ2n) is 28.8. The zero-order valence-corrected chi connectivity index (χ0v) is 59.2. The highest BCUT2D eigenvalue weighted by Gasteiger charge is 2.68. The smallest absolute Gasteiger partial charge is 0.408 e. The number of aromatic nitrogens is 1. The Labute approximate surface area is 613 Å². The molecule has 3 saturated heterocycles. The van der Waals surface area contributed by atoms with E-state index >= 15 is 19.2 Å². The zero-order chi connectivity index (χ0) is 74.0. The van der Waals surface area contributed by atoms with Crippen LogP contribution in [0.25, 0.3) is 22.0 Å². The predicted octanol–water partition coefficient (Wildman–Crippen LogP) is 9.66. The fourth-order valence-corrected chi connectivity index (χ4v) is 15.9. The number of likely N-dealkylation sites (tertiary alicyclic amines) is 1. The van der Waals surface area contributed by atoms with E-state index < -0.39 is 107 Å². The van der Waals surface area contributed by atoms with Gasteiger partial charge < -0.3 is 60.3 Å². The minimum Gasteiger partial charge on any atom is -0.508 e. The Morgan fingerprint density at radius 1 is 0.594 bits per heavy atom. The van der Waals surface area contributed by atoms with Crippen molar-refractivity contribution in [1.29, 1.82) is 0 Å². The first kappa shape index (κ1) is 70.9. The molecule has 22 heteroatoms. The molecule has 106 heavy (non-hydrogen) atoms. The van der Waals surface area contributed by atoms with Crippen molar-refractivity contribution >= 4 is 70.2 Å². The van der Waals surface area contributed by atoms with Crippen LogP contribution in [0.5, 0.6) is 5.75 Å². The Kier molecular flexibility index (Phi) is 20.0. The zero-order valence-electron chi connectivity index (χ0n) is 59.2. The maximum absolute atomic E-state index is 15.7. The van der Waals surface area contributed by atoms with Crippen molar-refractivity contribution in [3.05, 3.63) is 263 Å². The maximum atomic E-state index is 15.7. The van der Waals surface area contributed by atoms with E-state index in [4.69, 9.17) is 14.2 Å². The number of hydrogen-bond acceptors (Lipinski definition) is 13. The van der Waals surface area contributed by atoms with Gasteiger partial charge in [0.2, 0.25) is 29.5 Å². The number of nitrogens with zero attached hydrogens (tertiary/aromatic N) is 4. The molecule has 0 radical (unpaired) electrons. The van der Waals surface area contributed by atoms with Crippen LogP contribution in [0.1, 0.15) is 97.4 Å².